The van der Waals surface area contributed by atoms with Gasteiger partial charge in [0.2, 0.25) is 0 Å². The minimum Gasteiger partial charge on any atom is -0.350 e. The predicted molar refractivity (Wildman–Crippen MR) is 42.3 cm³/mol. The maximum Gasteiger partial charge on any atom is 0.168 e. The summed E-state index contributed by atoms with van der Waals surface area (Å²) in [5.41, 5.74) is 0. The standard InChI is InChI=1S/C9H16O2/c1-8-4-6-9(11-8)5-2-3-7-10-9/h8H,2-7H2,1H3/t8-,9-/m0/s1. The van der Waals surface area contributed by atoms with Crippen molar-refractivity contribution in [2.75, 3.05) is 6.61 Å². The van der Waals surface area contributed by atoms with Crippen LogP contribution in [-0.2, 0) is 9.47 Å². The molecule has 0 unspecified atom stereocenters. The van der Waals surface area contributed by atoms with E-state index in [0.29, 0.717) is 6.10 Å². The Morgan fingerprint density at radius 1 is 1.27 bits per heavy atom. The highest BCUT2D eigenvalue weighted by Gasteiger charge is 2.40. The fourth-order valence-corrected chi connectivity index (χ4v) is 2.02. The Balaban J connectivity index is 1.98. The second kappa shape index (κ2) is 2.76. The third-order valence-corrected chi connectivity index (χ3v) is 2.66. The van der Waals surface area contributed by atoms with Gasteiger partial charge in [-0.3, -0.25) is 0 Å². The zero-order chi connectivity index (χ0) is 7.73. The molecular formula is C9H16O2. The molecule has 0 radical (unpaired) electrons. The van der Waals surface area contributed by atoms with Crippen LogP contribution in [0.4, 0.5) is 0 Å². The van der Waals surface area contributed by atoms with Crippen LogP contribution < -0.4 is 0 Å². The van der Waals surface area contributed by atoms with Crippen LogP contribution >= 0.6 is 0 Å². The second-order valence-corrected chi connectivity index (χ2v) is 3.68. The second-order valence-electron chi connectivity index (χ2n) is 3.68. The Hall–Kier alpha value is -0.0800. The van der Waals surface area contributed by atoms with Gasteiger partial charge in [0.15, 0.2) is 5.79 Å². The molecule has 0 amide bonds. The molecule has 2 nitrogen and oxygen atoms in total. The van der Waals surface area contributed by atoms with Crippen LogP contribution in [0.2, 0.25) is 0 Å². The summed E-state index contributed by atoms with van der Waals surface area (Å²) in [6, 6.07) is 0. The summed E-state index contributed by atoms with van der Waals surface area (Å²) in [5.74, 6) is -0.155. The molecule has 0 aliphatic carbocycles. The first-order valence-electron chi connectivity index (χ1n) is 4.63. The van der Waals surface area contributed by atoms with Gasteiger partial charge >= 0.3 is 0 Å². The minimum absolute atomic E-state index is 0.155. The quantitative estimate of drug-likeness (QED) is 0.534. The molecule has 0 saturated carbocycles. The largest absolute Gasteiger partial charge is 0.350 e. The monoisotopic (exact) mass is 156 g/mol. The fourth-order valence-electron chi connectivity index (χ4n) is 2.02. The maximum absolute atomic E-state index is 5.77. The average molecular weight is 156 g/mol. The van der Waals surface area contributed by atoms with Gasteiger partial charge in [0.25, 0.3) is 0 Å². The van der Waals surface area contributed by atoms with Crippen molar-refractivity contribution < 1.29 is 9.47 Å². The van der Waals surface area contributed by atoms with Crippen LogP contribution in [0.1, 0.15) is 39.0 Å². The van der Waals surface area contributed by atoms with Crippen LogP contribution in [0.3, 0.4) is 0 Å². The zero-order valence-electron chi connectivity index (χ0n) is 7.14. The van der Waals surface area contributed by atoms with Gasteiger partial charge in [-0.25, -0.2) is 0 Å². The van der Waals surface area contributed by atoms with Crippen molar-refractivity contribution in [2.24, 2.45) is 0 Å². The molecule has 1 spiro atoms. The molecule has 2 atom stereocenters. The Kier molecular flexibility index (Phi) is 1.90. The lowest BCUT2D eigenvalue weighted by atomic mass is 10.0. The van der Waals surface area contributed by atoms with Crippen LogP contribution in [0.15, 0.2) is 0 Å². The molecule has 0 aromatic rings. The summed E-state index contributed by atoms with van der Waals surface area (Å²) in [4.78, 5) is 0. The van der Waals surface area contributed by atoms with Crippen molar-refractivity contribution in [3.63, 3.8) is 0 Å². The summed E-state index contributed by atoms with van der Waals surface area (Å²) in [5, 5.41) is 0. The first-order valence-corrected chi connectivity index (χ1v) is 4.63. The van der Waals surface area contributed by atoms with Crippen LogP contribution in [0, 0.1) is 0 Å². The number of ether oxygens (including phenoxy) is 2. The van der Waals surface area contributed by atoms with Crippen LogP contribution in [0.25, 0.3) is 0 Å². The van der Waals surface area contributed by atoms with E-state index in [2.05, 4.69) is 6.92 Å². The average Bonchev–Trinajstić information content (AvgIpc) is 2.34. The van der Waals surface area contributed by atoms with E-state index < -0.39 is 0 Å². The van der Waals surface area contributed by atoms with Crippen LogP contribution in [-0.4, -0.2) is 18.5 Å². The van der Waals surface area contributed by atoms with Crippen LogP contribution in [0.5, 0.6) is 0 Å². The molecule has 2 heterocycles. The molecule has 0 aromatic carbocycles. The van der Waals surface area contributed by atoms with Gasteiger partial charge in [0, 0.05) is 12.8 Å². The van der Waals surface area contributed by atoms with Crippen molar-refractivity contribution in [1.29, 1.82) is 0 Å². The van der Waals surface area contributed by atoms with E-state index in [1.807, 2.05) is 0 Å². The van der Waals surface area contributed by atoms with Gasteiger partial charge in [-0.05, 0) is 26.2 Å². The summed E-state index contributed by atoms with van der Waals surface area (Å²) in [6.45, 7) is 3.03. The van der Waals surface area contributed by atoms with Gasteiger partial charge in [-0.15, -0.1) is 0 Å². The third-order valence-electron chi connectivity index (χ3n) is 2.66. The highest BCUT2D eigenvalue weighted by Crippen LogP contribution is 2.37. The molecule has 2 heteroatoms. The Morgan fingerprint density at radius 3 is 2.73 bits per heavy atom. The Labute approximate surface area is 67.9 Å². The molecule has 0 aromatic heterocycles. The highest BCUT2D eigenvalue weighted by molar-refractivity contribution is 4.81. The molecule has 2 rings (SSSR count). The van der Waals surface area contributed by atoms with Crippen molar-refractivity contribution in [1.82, 2.24) is 0 Å². The van der Waals surface area contributed by atoms with Gasteiger partial charge in [0.1, 0.15) is 0 Å². The first kappa shape index (κ1) is 7.56. The predicted octanol–water partition coefficient (Wildman–Crippen LogP) is 2.08. The SMILES string of the molecule is C[C@H]1CC[C@]2(CCCCO2)O1. The zero-order valence-corrected chi connectivity index (χ0v) is 7.14. The van der Waals surface area contributed by atoms with Gasteiger partial charge in [-0.2, -0.15) is 0 Å². The van der Waals surface area contributed by atoms with Gasteiger partial charge in [-0.1, -0.05) is 0 Å². The normalized spacial score (nSPS) is 45.0. The minimum atomic E-state index is -0.155. The maximum atomic E-state index is 5.77. The molecule has 2 saturated heterocycles. The van der Waals surface area contributed by atoms with E-state index in [1.165, 1.54) is 19.3 Å². The summed E-state index contributed by atoms with van der Waals surface area (Å²) >= 11 is 0. The van der Waals surface area contributed by atoms with E-state index in [0.717, 1.165) is 19.4 Å². The lowest BCUT2D eigenvalue weighted by Gasteiger charge is -2.33. The molecule has 2 aliphatic heterocycles. The summed E-state index contributed by atoms with van der Waals surface area (Å²) in [7, 11) is 0. The summed E-state index contributed by atoms with van der Waals surface area (Å²) < 4.78 is 11.4. The van der Waals surface area contributed by atoms with Crippen molar-refractivity contribution >= 4 is 0 Å². The fraction of sp³-hybridized carbons (Fsp3) is 1.00. The molecule has 2 fully saturated rings. The number of hydrogen-bond acceptors (Lipinski definition) is 2. The van der Waals surface area contributed by atoms with E-state index >= 15 is 0 Å². The summed E-state index contributed by atoms with van der Waals surface area (Å²) in [6.07, 6.45) is 6.27. The molecule has 11 heavy (non-hydrogen) atoms. The van der Waals surface area contributed by atoms with E-state index in [4.69, 9.17) is 9.47 Å². The highest BCUT2D eigenvalue weighted by atomic mass is 16.7. The third kappa shape index (κ3) is 1.42. The molecule has 64 valence electrons. The Morgan fingerprint density at radius 2 is 2.18 bits per heavy atom. The number of hydrogen-bond donors (Lipinski definition) is 0. The smallest absolute Gasteiger partial charge is 0.168 e. The van der Waals surface area contributed by atoms with Crippen molar-refractivity contribution in [2.45, 2.75) is 50.9 Å². The molecule has 2 aliphatic rings. The molecule has 0 N–H and O–H groups in total. The topological polar surface area (TPSA) is 18.5 Å². The van der Waals surface area contributed by atoms with E-state index in [1.54, 1.807) is 0 Å². The van der Waals surface area contributed by atoms with E-state index in [9.17, 15) is 0 Å². The molecular weight excluding hydrogens is 140 g/mol. The van der Waals surface area contributed by atoms with Gasteiger partial charge < -0.3 is 9.47 Å². The van der Waals surface area contributed by atoms with E-state index in [-0.39, 0.29) is 5.79 Å². The lowest BCUT2D eigenvalue weighted by Crippen LogP contribution is -2.35. The first-order chi connectivity index (χ1) is 5.31. The van der Waals surface area contributed by atoms with Gasteiger partial charge in [0.05, 0.1) is 12.7 Å². The number of rotatable bonds is 0. The molecule has 0 bridgehead atoms. The van der Waals surface area contributed by atoms with Crippen molar-refractivity contribution in [3.05, 3.63) is 0 Å². The Bertz CT molecular complexity index is 133. The van der Waals surface area contributed by atoms with Crippen molar-refractivity contribution in [3.8, 4) is 0 Å². The lowest BCUT2D eigenvalue weighted by molar-refractivity contribution is -0.242.